The van der Waals surface area contributed by atoms with Crippen LogP contribution in [-0.4, -0.2) is 64.8 Å². The summed E-state index contributed by atoms with van der Waals surface area (Å²) in [6.45, 7) is 3.15. The van der Waals surface area contributed by atoms with Gasteiger partial charge in [-0.2, -0.15) is 0 Å². The van der Waals surface area contributed by atoms with E-state index in [2.05, 4.69) is 16.0 Å². The highest BCUT2D eigenvalue weighted by atomic mass is 16.4. The van der Waals surface area contributed by atoms with Crippen molar-refractivity contribution >= 4 is 35.5 Å². The highest BCUT2D eigenvalue weighted by Crippen LogP contribution is 2.07. The molecule has 4 unspecified atom stereocenters. The predicted molar refractivity (Wildman–Crippen MR) is 124 cm³/mol. The first-order valence-electron chi connectivity index (χ1n) is 10.8. The van der Waals surface area contributed by atoms with Gasteiger partial charge in [0.15, 0.2) is 0 Å². The van der Waals surface area contributed by atoms with Crippen molar-refractivity contribution in [1.82, 2.24) is 16.0 Å². The van der Waals surface area contributed by atoms with Crippen LogP contribution >= 0.6 is 0 Å². The molecule has 5 amide bonds. The van der Waals surface area contributed by atoms with E-state index in [-0.39, 0.29) is 6.42 Å². The third kappa shape index (κ3) is 10.2. The van der Waals surface area contributed by atoms with Crippen molar-refractivity contribution in [3.05, 3.63) is 35.9 Å². The quantitative estimate of drug-likeness (QED) is 0.146. The fourth-order valence-electron chi connectivity index (χ4n) is 3.10. The third-order valence-electron chi connectivity index (χ3n) is 4.94. The van der Waals surface area contributed by atoms with Crippen LogP contribution in [0.1, 0.15) is 32.3 Å². The van der Waals surface area contributed by atoms with E-state index in [0.29, 0.717) is 0 Å². The third-order valence-corrected chi connectivity index (χ3v) is 4.94. The number of amides is 5. The van der Waals surface area contributed by atoms with Gasteiger partial charge in [-0.05, 0) is 17.9 Å². The number of aliphatic carboxylic acids is 1. The maximum absolute atomic E-state index is 12.9. The molecule has 0 aliphatic rings. The second-order valence-corrected chi connectivity index (χ2v) is 8.33. The van der Waals surface area contributed by atoms with E-state index in [4.69, 9.17) is 17.2 Å². The molecule has 0 saturated carbocycles. The Hall–Kier alpha value is -4.00. The Labute approximate surface area is 202 Å². The van der Waals surface area contributed by atoms with Crippen LogP contribution < -0.4 is 33.2 Å². The van der Waals surface area contributed by atoms with E-state index in [1.165, 1.54) is 0 Å². The van der Waals surface area contributed by atoms with Crippen molar-refractivity contribution in [2.75, 3.05) is 0 Å². The largest absolute Gasteiger partial charge is 0.480 e. The molecule has 0 spiro atoms. The van der Waals surface area contributed by atoms with Gasteiger partial charge in [-0.3, -0.25) is 24.0 Å². The van der Waals surface area contributed by atoms with Crippen molar-refractivity contribution in [1.29, 1.82) is 0 Å². The molecule has 0 heterocycles. The molecule has 0 fully saturated rings. The number of rotatable bonds is 14. The Morgan fingerprint density at radius 1 is 0.800 bits per heavy atom. The minimum atomic E-state index is -1.60. The molecule has 0 aliphatic carbocycles. The maximum atomic E-state index is 12.9. The van der Waals surface area contributed by atoms with Crippen molar-refractivity contribution < 1.29 is 33.9 Å². The summed E-state index contributed by atoms with van der Waals surface area (Å²) in [5.74, 6) is -6.37. The van der Waals surface area contributed by atoms with Crippen molar-refractivity contribution in [3.63, 3.8) is 0 Å². The average Bonchev–Trinajstić information content (AvgIpc) is 2.75. The normalized spacial score (nSPS) is 14.2. The van der Waals surface area contributed by atoms with Crippen LogP contribution in [-0.2, 0) is 35.2 Å². The van der Waals surface area contributed by atoms with Gasteiger partial charge in [-0.15, -0.1) is 0 Å². The number of nitrogens with one attached hydrogen (secondary N) is 3. The lowest BCUT2D eigenvalue weighted by molar-refractivity contribution is -0.144. The van der Waals surface area contributed by atoms with Gasteiger partial charge in [0.2, 0.25) is 29.5 Å². The molecule has 1 aromatic carbocycles. The van der Waals surface area contributed by atoms with Crippen LogP contribution in [0, 0.1) is 5.92 Å². The molecule has 4 atom stereocenters. The number of hydrogen-bond donors (Lipinski definition) is 7. The Morgan fingerprint density at radius 3 is 1.80 bits per heavy atom. The highest BCUT2D eigenvalue weighted by Gasteiger charge is 2.33. The number of carboxylic acids is 1. The maximum Gasteiger partial charge on any atom is 0.326 e. The lowest BCUT2D eigenvalue weighted by Gasteiger charge is -2.26. The van der Waals surface area contributed by atoms with Gasteiger partial charge in [-0.25, -0.2) is 4.79 Å². The SMILES string of the molecule is CC(C)C(NC(=O)C(CC(N)=O)NC(=O)C(N)Cc1ccccc1)C(=O)NC(CC(N)=O)C(=O)O. The molecule has 0 aromatic heterocycles. The number of primary amides is 2. The monoisotopic (exact) mass is 492 g/mol. The summed E-state index contributed by atoms with van der Waals surface area (Å²) in [5.41, 5.74) is 16.9. The van der Waals surface area contributed by atoms with Gasteiger partial charge >= 0.3 is 5.97 Å². The predicted octanol–water partition coefficient (Wildman–Crippen LogP) is -2.50. The molecular formula is C22H32N6O7. The Balaban J connectivity index is 2.94. The van der Waals surface area contributed by atoms with E-state index in [9.17, 15) is 33.9 Å². The van der Waals surface area contributed by atoms with E-state index in [1.807, 2.05) is 0 Å². The zero-order valence-electron chi connectivity index (χ0n) is 19.5. The van der Waals surface area contributed by atoms with Crippen molar-refractivity contribution in [2.45, 2.75) is 57.3 Å². The minimum absolute atomic E-state index is 0.172. The fraction of sp³-hybridized carbons (Fsp3) is 0.455. The van der Waals surface area contributed by atoms with Crippen LogP contribution in [0.3, 0.4) is 0 Å². The van der Waals surface area contributed by atoms with Crippen LogP contribution in [0.25, 0.3) is 0 Å². The average molecular weight is 493 g/mol. The molecule has 0 aliphatic heterocycles. The van der Waals surface area contributed by atoms with E-state index in [0.717, 1.165) is 5.56 Å². The summed E-state index contributed by atoms with van der Waals surface area (Å²) >= 11 is 0. The number of carbonyl (C=O) groups excluding carboxylic acids is 5. The molecule has 1 rings (SSSR count). The summed E-state index contributed by atoms with van der Waals surface area (Å²) in [6, 6.07) is 3.57. The molecule has 13 heteroatoms. The fourth-order valence-corrected chi connectivity index (χ4v) is 3.10. The molecule has 0 radical (unpaired) electrons. The molecular weight excluding hydrogens is 460 g/mol. The van der Waals surface area contributed by atoms with Gasteiger partial charge in [-0.1, -0.05) is 44.2 Å². The first-order valence-corrected chi connectivity index (χ1v) is 10.8. The van der Waals surface area contributed by atoms with Crippen LogP contribution in [0.15, 0.2) is 30.3 Å². The van der Waals surface area contributed by atoms with Crippen LogP contribution in [0.5, 0.6) is 0 Å². The molecule has 1 aromatic rings. The first kappa shape index (κ1) is 29.0. The summed E-state index contributed by atoms with van der Waals surface area (Å²) < 4.78 is 0. The Kier molecular flexibility index (Phi) is 11.3. The lowest BCUT2D eigenvalue weighted by atomic mass is 10.0. The van der Waals surface area contributed by atoms with Gasteiger partial charge < -0.3 is 38.3 Å². The number of carbonyl (C=O) groups is 6. The number of benzene rings is 1. The molecule has 35 heavy (non-hydrogen) atoms. The minimum Gasteiger partial charge on any atom is -0.480 e. The summed E-state index contributed by atoms with van der Waals surface area (Å²) in [7, 11) is 0. The van der Waals surface area contributed by atoms with Gasteiger partial charge in [0.05, 0.1) is 18.9 Å². The van der Waals surface area contributed by atoms with Crippen molar-refractivity contribution in [2.24, 2.45) is 23.1 Å². The zero-order chi connectivity index (χ0) is 26.7. The second kappa shape index (κ2) is 13.6. The van der Waals surface area contributed by atoms with Gasteiger partial charge in [0.25, 0.3) is 0 Å². The summed E-state index contributed by atoms with van der Waals surface area (Å²) in [6.07, 6.45) is -1.05. The van der Waals surface area contributed by atoms with Gasteiger partial charge in [0, 0.05) is 0 Å². The number of nitrogens with two attached hydrogens (primary N) is 3. The molecule has 13 nitrogen and oxygen atoms in total. The first-order chi connectivity index (χ1) is 16.3. The number of carboxylic acid groups (broad SMARTS) is 1. The molecule has 192 valence electrons. The number of hydrogen-bond acceptors (Lipinski definition) is 7. The van der Waals surface area contributed by atoms with Crippen LogP contribution in [0.2, 0.25) is 0 Å². The molecule has 0 saturated heterocycles. The topological polar surface area (TPSA) is 237 Å². The van der Waals surface area contributed by atoms with Gasteiger partial charge in [0.1, 0.15) is 18.1 Å². The second-order valence-electron chi connectivity index (χ2n) is 8.33. The molecule has 10 N–H and O–H groups in total. The highest BCUT2D eigenvalue weighted by molar-refractivity contribution is 5.96. The standard InChI is InChI=1S/C22H32N6O7/c1-11(2)18(21(33)27-15(22(34)35)10-17(25)30)28-20(32)14(9-16(24)29)26-19(31)13(23)8-12-6-4-3-5-7-12/h3-7,11,13-15,18H,8-10,23H2,1-2H3,(H2,24,29)(H2,25,30)(H,26,31)(H,27,33)(H,28,32)(H,34,35). The van der Waals surface area contributed by atoms with E-state index in [1.54, 1.807) is 44.2 Å². The summed E-state index contributed by atoms with van der Waals surface area (Å²) in [5, 5.41) is 16.1. The lowest BCUT2D eigenvalue weighted by Crippen LogP contribution is -2.59. The van der Waals surface area contributed by atoms with Crippen molar-refractivity contribution in [3.8, 4) is 0 Å². The van der Waals surface area contributed by atoms with E-state index >= 15 is 0 Å². The molecule has 0 bridgehead atoms. The Morgan fingerprint density at radius 2 is 1.31 bits per heavy atom. The van der Waals surface area contributed by atoms with Crippen LogP contribution in [0.4, 0.5) is 0 Å². The smallest absolute Gasteiger partial charge is 0.326 e. The summed E-state index contributed by atoms with van der Waals surface area (Å²) in [4.78, 5) is 72.0. The van der Waals surface area contributed by atoms with E-state index < -0.39 is 78.4 Å². The Bertz CT molecular complexity index is 937. The zero-order valence-corrected chi connectivity index (χ0v) is 19.5.